The fourth-order valence-corrected chi connectivity index (χ4v) is 5.29. The largest absolute Gasteiger partial charge is 0.497 e. The molecular formula is C30H32ClFN2O3. The zero-order chi connectivity index (χ0) is 26.2. The number of likely N-dealkylation sites (tertiary alicyclic amines) is 1. The zero-order valence-corrected chi connectivity index (χ0v) is 21.8. The zero-order valence-electron chi connectivity index (χ0n) is 21.0. The summed E-state index contributed by atoms with van der Waals surface area (Å²) in [5, 5.41) is 10.7. The Labute approximate surface area is 222 Å². The normalized spacial score (nSPS) is 18.7. The average molecular weight is 523 g/mol. The molecule has 7 heteroatoms. The molecular weight excluding hydrogens is 491 g/mol. The predicted molar refractivity (Wildman–Crippen MR) is 145 cm³/mol. The van der Waals surface area contributed by atoms with Crippen LogP contribution in [0.4, 0.5) is 4.39 Å². The Balaban J connectivity index is 1.39. The number of hydrogen-bond acceptors (Lipinski definition) is 4. The van der Waals surface area contributed by atoms with E-state index in [9.17, 15) is 9.90 Å². The number of alkyl halides is 1. The van der Waals surface area contributed by atoms with Crippen molar-refractivity contribution in [2.24, 2.45) is 11.8 Å². The molecule has 1 aliphatic rings. The molecule has 5 nitrogen and oxygen atoms in total. The third-order valence-corrected chi connectivity index (χ3v) is 7.45. The summed E-state index contributed by atoms with van der Waals surface area (Å²) in [6.07, 6.45) is 3.25. The van der Waals surface area contributed by atoms with Gasteiger partial charge < -0.3 is 9.84 Å². The number of halogens is 2. The highest BCUT2D eigenvalue weighted by atomic mass is 35.5. The van der Waals surface area contributed by atoms with Gasteiger partial charge in [0.25, 0.3) is 0 Å². The van der Waals surface area contributed by atoms with Crippen molar-refractivity contribution in [3.8, 4) is 17.6 Å². The lowest BCUT2D eigenvalue weighted by atomic mass is 9.79. The molecule has 37 heavy (non-hydrogen) atoms. The SMILES string of the molecule is COc1ccc2nccc([C@@H](F)CCC3CCN(CC#Cc4ccc(Cl)cc4)CC3CCC(=O)O)c2c1. The van der Waals surface area contributed by atoms with E-state index in [1.54, 1.807) is 19.4 Å². The van der Waals surface area contributed by atoms with Gasteiger partial charge in [0.05, 0.1) is 19.2 Å². The number of carboxylic acid groups (broad SMARTS) is 1. The first kappa shape index (κ1) is 26.9. The summed E-state index contributed by atoms with van der Waals surface area (Å²) in [6, 6.07) is 14.7. The lowest BCUT2D eigenvalue weighted by Gasteiger charge is -2.38. The molecule has 0 bridgehead atoms. The number of carbonyl (C=O) groups is 1. The van der Waals surface area contributed by atoms with E-state index in [2.05, 4.69) is 21.7 Å². The molecule has 0 aliphatic carbocycles. The van der Waals surface area contributed by atoms with Gasteiger partial charge in [0.2, 0.25) is 0 Å². The van der Waals surface area contributed by atoms with Crippen LogP contribution in [0.3, 0.4) is 0 Å². The summed E-state index contributed by atoms with van der Waals surface area (Å²) in [5.74, 6) is 6.76. The van der Waals surface area contributed by atoms with Gasteiger partial charge in [-0.25, -0.2) is 4.39 Å². The van der Waals surface area contributed by atoms with Crippen LogP contribution in [-0.2, 0) is 4.79 Å². The minimum absolute atomic E-state index is 0.124. The first-order chi connectivity index (χ1) is 17.9. The van der Waals surface area contributed by atoms with Crippen LogP contribution in [-0.4, -0.2) is 47.7 Å². The molecule has 1 N–H and O–H groups in total. The lowest BCUT2D eigenvalue weighted by molar-refractivity contribution is -0.137. The summed E-state index contributed by atoms with van der Waals surface area (Å²) in [5.41, 5.74) is 2.28. The highest BCUT2D eigenvalue weighted by Crippen LogP contribution is 2.36. The summed E-state index contributed by atoms with van der Waals surface area (Å²) >= 11 is 5.94. The standard InChI is InChI=1S/C30H32ClFN2O3/c1-37-25-10-12-29-27(19-25)26(14-16-33-29)28(32)11-6-22-15-18-34(20-23(22)7-13-30(35)36)17-2-3-21-4-8-24(31)9-5-21/h4-5,8-10,12,14,16,19,22-23,28H,6-7,11,13,15,17-18,20H2,1H3,(H,35,36)/t22?,23?,28-/m0/s1. The smallest absolute Gasteiger partial charge is 0.303 e. The predicted octanol–water partition coefficient (Wildman–Crippen LogP) is 6.54. The molecule has 0 amide bonds. The third kappa shape index (κ3) is 7.44. The van der Waals surface area contributed by atoms with Crippen molar-refractivity contribution < 1.29 is 19.0 Å². The Hall–Kier alpha value is -3.14. The van der Waals surface area contributed by atoms with Crippen LogP contribution >= 0.6 is 11.6 Å². The molecule has 2 heterocycles. The molecule has 3 atom stereocenters. The molecule has 0 radical (unpaired) electrons. The van der Waals surface area contributed by atoms with Gasteiger partial charge in [-0.2, -0.15) is 0 Å². The highest BCUT2D eigenvalue weighted by molar-refractivity contribution is 6.30. The topological polar surface area (TPSA) is 62.7 Å². The Morgan fingerprint density at radius 1 is 1.22 bits per heavy atom. The van der Waals surface area contributed by atoms with E-state index in [0.717, 1.165) is 36.0 Å². The van der Waals surface area contributed by atoms with Gasteiger partial charge in [0, 0.05) is 35.1 Å². The number of aliphatic carboxylic acids is 1. The minimum Gasteiger partial charge on any atom is -0.497 e. The van der Waals surface area contributed by atoms with Crippen molar-refractivity contribution in [1.82, 2.24) is 9.88 Å². The van der Waals surface area contributed by atoms with Crippen LogP contribution in [0, 0.1) is 23.7 Å². The number of methoxy groups -OCH3 is 1. The number of nitrogens with zero attached hydrogens (tertiary/aromatic N) is 2. The number of carboxylic acids is 1. The summed E-state index contributed by atoms with van der Waals surface area (Å²) in [6.45, 7) is 2.27. The Bertz CT molecular complexity index is 1270. The average Bonchev–Trinajstić information content (AvgIpc) is 2.91. The van der Waals surface area contributed by atoms with Crippen LogP contribution in [0.25, 0.3) is 10.9 Å². The van der Waals surface area contributed by atoms with Crippen molar-refractivity contribution >= 4 is 28.5 Å². The lowest BCUT2D eigenvalue weighted by Crippen LogP contribution is -2.41. The van der Waals surface area contributed by atoms with Crippen LogP contribution in [0.5, 0.6) is 5.75 Å². The van der Waals surface area contributed by atoms with Gasteiger partial charge in [-0.3, -0.25) is 14.7 Å². The maximum Gasteiger partial charge on any atom is 0.303 e. The number of piperidine rings is 1. The third-order valence-electron chi connectivity index (χ3n) is 7.19. The van der Waals surface area contributed by atoms with Crippen molar-refractivity contribution in [3.05, 3.63) is 70.9 Å². The van der Waals surface area contributed by atoms with Gasteiger partial charge in [0.1, 0.15) is 11.9 Å². The monoisotopic (exact) mass is 522 g/mol. The first-order valence-corrected chi connectivity index (χ1v) is 13.1. The number of aromatic nitrogens is 1. The maximum atomic E-state index is 15.5. The van der Waals surface area contributed by atoms with Crippen molar-refractivity contribution in [1.29, 1.82) is 0 Å². The van der Waals surface area contributed by atoms with E-state index in [-0.39, 0.29) is 18.3 Å². The molecule has 3 aromatic rings. The van der Waals surface area contributed by atoms with Gasteiger partial charge in [-0.1, -0.05) is 23.4 Å². The summed E-state index contributed by atoms with van der Waals surface area (Å²) < 4.78 is 20.8. The molecule has 1 aromatic heterocycles. The van der Waals surface area contributed by atoms with E-state index in [1.807, 2.05) is 42.5 Å². The number of benzene rings is 2. The number of pyridine rings is 1. The van der Waals surface area contributed by atoms with Gasteiger partial charge >= 0.3 is 5.97 Å². The second-order valence-corrected chi connectivity index (χ2v) is 10.0. The molecule has 1 aliphatic heterocycles. The fourth-order valence-electron chi connectivity index (χ4n) is 5.16. The Morgan fingerprint density at radius 3 is 2.78 bits per heavy atom. The molecule has 4 rings (SSSR count). The molecule has 194 valence electrons. The van der Waals surface area contributed by atoms with Crippen molar-refractivity contribution in [3.63, 3.8) is 0 Å². The van der Waals surface area contributed by atoms with Crippen LogP contribution in [0.15, 0.2) is 54.7 Å². The maximum absolute atomic E-state index is 15.5. The van der Waals surface area contributed by atoms with E-state index in [4.69, 9.17) is 16.3 Å². The number of rotatable bonds is 9. The quantitative estimate of drug-likeness (QED) is 0.323. The number of hydrogen-bond donors (Lipinski definition) is 1. The summed E-state index contributed by atoms with van der Waals surface area (Å²) in [4.78, 5) is 17.9. The molecule has 2 aromatic carbocycles. The van der Waals surface area contributed by atoms with Gasteiger partial charge in [-0.05, 0) is 98.2 Å². The molecule has 1 saturated heterocycles. The molecule has 2 unspecified atom stereocenters. The molecule has 1 fully saturated rings. The molecule has 0 spiro atoms. The van der Waals surface area contributed by atoms with Crippen LogP contribution in [0.2, 0.25) is 5.02 Å². The number of ether oxygens (including phenoxy) is 1. The van der Waals surface area contributed by atoms with Gasteiger partial charge in [-0.15, -0.1) is 0 Å². The number of fused-ring (bicyclic) bond motifs is 1. The molecule has 0 saturated carbocycles. The van der Waals surface area contributed by atoms with Crippen molar-refractivity contribution in [2.75, 3.05) is 26.7 Å². The second kappa shape index (κ2) is 12.9. The van der Waals surface area contributed by atoms with E-state index in [0.29, 0.717) is 42.1 Å². The summed E-state index contributed by atoms with van der Waals surface area (Å²) in [7, 11) is 1.59. The second-order valence-electron chi connectivity index (χ2n) is 9.61. The van der Waals surface area contributed by atoms with Crippen LogP contribution < -0.4 is 4.74 Å². The fraction of sp³-hybridized carbons (Fsp3) is 0.400. The Morgan fingerprint density at radius 2 is 2.03 bits per heavy atom. The van der Waals surface area contributed by atoms with E-state index < -0.39 is 12.1 Å². The highest BCUT2D eigenvalue weighted by Gasteiger charge is 2.30. The van der Waals surface area contributed by atoms with Gasteiger partial charge in [0.15, 0.2) is 0 Å². The van der Waals surface area contributed by atoms with Crippen LogP contribution in [0.1, 0.15) is 49.4 Å². The first-order valence-electron chi connectivity index (χ1n) is 12.7. The minimum atomic E-state index is -1.12. The van der Waals surface area contributed by atoms with E-state index >= 15 is 4.39 Å². The Kier molecular flexibility index (Phi) is 9.38. The van der Waals surface area contributed by atoms with Crippen molar-refractivity contribution in [2.45, 2.75) is 38.3 Å². The van der Waals surface area contributed by atoms with E-state index in [1.165, 1.54) is 0 Å².